The van der Waals surface area contributed by atoms with Crippen molar-refractivity contribution in [2.75, 3.05) is 18.1 Å². The Bertz CT molecular complexity index is 1320. The lowest BCUT2D eigenvalue weighted by Crippen LogP contribution is -2.25. The van der Waals surface area contributed by atoms with E-state index < -0.39 is 0 Å². The maximum atomic E-state index is 13.0. The van der Waals surface area contributed by atoms with Crippen LogP contribution in [0.4, 0.5) is 5.69 Å². The number of amides is 1. The van der Waals surface area contributed by atoms with Gasteiger partial charge in [0.25, 0.3) is 0 Å². The summed E-state index contributed by atoms with van der Waals surface area (Å²) >= 11 is 0. The predicted molar refractivity (Wildman–Crippen MR) is 141 cm³/mol. The number of para-hydroxylation sites is 3. The molecule has 5 rings (SSSR count). The van der Waals surface area contributed by atoms with Crippen molar-refractivity contribution in [3.63, 3.8) is 0 Å². The fourth-order valence-corrected chi connectivity index (χ4v) is 4.98. The molecule has 0 saturated carbocycles. The normalized spacial score (nSPS) is 15.9. The van der Waals surface area contributed by atoms with Gasteiger partial charge in [-0.25, -0.2) is 4.98 Å². The number of aromatic nitrogens is 2. The van der Waals surface area contributed by atoms with E-state index in [1.54, 1.807) is 0 Å². The number of carbonyl (C=O) groups is 1. The van der Waals surface area contributed by atoms with Gasteiger partial charge in [-0.1, -0.05) is 56.3 Å². The Kier molecular flexibility index (Phi) is 6.58. The maximum absolute atomic E-state index is 13.0. The summed E-state index contributed by atoms with van der Waals surface area (Å²) in [7, 11) is 0. The molecule has 1 amide bonds. The van der Waals surface area contributed by atoms with Crippen LogP contribution in [0, 0.1) is 6.92 Å². The zero-order valence-corrected chi connectivity index (χ0v) is 20.8. The maximum Gasteiger partial charge on any atom is 0.227 e. The zero-order chi connectivity index (χ0) is 24.4. The van der Waals surface area contributed by atoms with Crippen LogP contribution in [0.5, 0.6) is 5.75 Å². The smallest absolute Gasteiger partial charge is 0.227 e. The largest absolute Gasteiger partial charge is 0.494 e. The Balaban J connectivity index is 1.31. The van der Waals surface area contributed by atoms with Crippen molar-refractivity contribution in [2.24, 2.45) is 0 Å². The molecule has 1 aliphatic heterocycles. The predicted octanol–water partition coefficient (Wildman–Crippen LogP) is 6.46. The van der Waals surface area contributed by atoms with Crippen LogP contribution in [0.2, 0.25) is 0 Å². The number of aryl methyl sites for hydroxylation is 2. The third kappa shape index (κ3) is 4.81. The van der Waals surface area contributed by atoms with Crippen LogP contribution in [-0.2, 0) is 11.3 Å². The van der Waals surface area contributed by atoms with E-state index in [-0.39, 0.29) is 11.8 Å². The van der Waals surface area contributed by atoms with Crippen LogP contribution in [0.25, 0.3) is 11.0 Å². The molecule has 5 heteroatoms. The lowest BCUT2D eigenvalue weighted by atomic mass is 10.0. The summed E-state index contributed by atoms with van der Waals surface area (Å²) in [5, 5.41) is 0. The van der Waals surface area contributed by atoms with Gasteiger partial charge >= 0.3 is 0 Å². The van der Waals surface area contributed by atoms with E-state index in [2.05, 4.69) is 73.9 Å². The molecule has 1 fully saturated rings. The van der Waals surface area contributed by atoms with Crippen LogP contribution < -0.4 is 9.64 Å². The quantitative estimate of drug-likeness (QED) is 0.280. The highest BCUT2D eigenvalue weighted by Gasteiger charge is 2.35. The Labute approximate surface area is 207 Å². The van der Waals surface area contributed by atoms with Gasteiger partial charge in [0.1, 0.15) is 11.6 Å². The summed E-state index contributed by atoms with van der Waals surface area (Å²) in [6.45, 7) is 8.54. The number of carbonyl (C=O) groups excluding carboxylic acids is 1. The second kappa shape index (κ2) is 9.95. The summed E-state index contributed by atoms with van der Waals surface area (Å²) in [6.07, 6.45) is 1.35. The fourth-order valence-electron chi connectivity index (χ4n) is 4.98. The van der Waals surface area contributed by atoms with E-state index in [4.69, 9.17) is 9.72 Å². The number of benzene rings is 3. The fraction of sp³-hybridized carbons (Fsp3) is 0.333. The molecule has 4 aromatic rings. The molecule has 1 atom stereocenters. The van der Waals surface area contributed by atoms with Gasteiger partial charge in [-0.05, 0) is 60.7 Å². The number of ether oxygens (including phenoxy) is 1. The molecule has 1 aromatic heterocycles. The number of anilines is 1. The second-order valence-corrected chi connectivity index (χ2v) is 9.73. The van der Waals surface area contributed by atoms with Crippen molar-refractivity contribution in [1.82, 2.24) is 9.55 Å². The van der Waals surface area contributed by atoms with Crippen molar-refractivity contribution in [3.05, 3.63) is 89.7 Å². The molecule has 3 aromatic carbocycles. The molecule has 180 valence electrons. The minimum atomic E-state index is 0.0685. The number of hydrogen-bond acceptors (Lipinski definition) is 3. The molecule has 0 radical (unpaired) electrons. The number of rotatable bonds is 8. The van der Waals surface area contributed by atoms with Crippen LogP contribution in [0.3, 0.4) is 0 Å². The first-order chi connectivity index (χ1) is 17.0. The number of nitrogens with zero attached hydrogens (tertiary/aromatic N) is 3. The number of fused-ring (bicyclic) bond motifs is 1. The van der Waals surface area contributed by atoms with Gasteiger partial charge in [-0.15, -0.1) is 0 Å². The first-order valence-electron chi connectivity index (χ1n) is 12.5. The van der Waals surface area contributed by atoms with E-state index in [1.165, 1.54) is 5.56 Å². The highest BCUT2D eigenvalue weighted by atomic mass is 16.5. The molecule has 1 aliphatic rings. The second-order valence-electron chi connectivity index (χ2n) is 9.73. The van der Waals surface area contributed by atoms with Gasteiger partial charge in [-0.2, -0.15) is 0 Å². The summed E-state index contributed by atoms with van der Waals surface area (Å²) in [5.74, 6) is 2.65. The number of hydrogen-bond donors (Lipinski definition) is 0. The van der Waals surface area contributed by atoms with Gasteiger partial charge in [-0.3, -0.25) is 4.79 Å². The molecule has 5 nitrogen and oxygen atoms in total. The van der Waals surface area contributed by atoms with Gasteiger partial charge < -0.3 is 14.2 Å². The van der Waals surface area contributed by atoms with Crippen LogP contribution in [-0.4, -0.2) is 28.6 Å². The van der Waals surface area contributed by atoms with E-state index >= 15 is 0 Å². The molecule has 0 aliphatic carbocycles. The topological polar surface area (TPSA) is 47.4 Å². The Hall–Kier alpha value is -3.60. The monoisotopic (exact) mass is 467 g/mol. The lowest BCUT2D eigenvalue weighted by Gasteiger charge is -2.19. The van der Waals surface area contributed by atoms with Crippen molar-refractivity contribution in [2.45, 2.75) is 52.0 Å². The van der Waals surface area contributed by atoms with Crippen LogP contribution in [0.1, 0.15) is 55.5 Å². The summed E-state index contributed by atoms with van der Waals surface area (Å²) < 4.78 is 8.32. The van der Waals surface area contributed by atoms with Crippen molar-refractivity contribution in [1.29, 1.82) is 0 Å². The van der Waals surface area contributed by atoms with Crippen LogP contribution in [0.15, 0.2) is 72.8 Å². The SMILES string of the molecule is Cc1ccccc1N1CC(c2nc3ccccc3n2CCCOc2ccc(C(C)C)cc2)CC1=O. The molecule has 0 N–H and O–H groups in total. The Morgan fingerprint density at radius 2 is 1.74 bits per heavy atom. The van der Waals surface area contributed by atoms with Crippen molar-refractivity contribution >= 4 is 22.6 Å². The summed E-state index contributed by atoms with van der Waals surface area (Å²) in [6, 6.07) is 24.7. The molecule has 1 saturated heterocycles. The van der Waals surface area contributed by atoms with Crippen molar-refractivity contribution < 1.29 is 9.53 Å². The third-order valence-corrected chi connectivity index (χ3v) is 6.92. The molecule has 2 heterocycles. The summed E-state index contributed by atoms with van der Waals surface area (Å²) in [5.41, 5.74) is 5.53. The average molecular weight is 468 g/mol. The van der Waals surface area contributed by atoms with E-state index in [9.17, 15) is 4.79 Å². The first kappa shape index (κ1) is 23.2. The molecular formula is C30H33N3O2. The molecule has 1 unspecified atom stereocenters. The third-order valence-electron chi connectivity index (χ3n) is 6.92. The average Bonchev–Trinajstić information content (AvgIpc) is 3.43. The van der Waals surface area contributed by atoms with Crippen LogP contribution >= 0.6 is 0 Å². The first-order valence-corrected chi connectivity index (χ1v) is 12.5. The standard InChI is InChI=1S/C30H33N3O2/c1-21(2)23-13-15-25(16-14-23)35-18-8-17-32-28-12-7-5-10-26(28)31-30(32)24-19-29(34)33(20-24)27-11-6-4-9-22(27)3/h4-7,9-16,21,24H,8,17-20H2,1-3H3. The minimum absolute atomic E-state index is 0.0685. The molecule has 0 spiro atoms. The molecule has 0 bridgehead atoms. The van der Waals surface area contributed by atoms with Gasteiger partial charge in [0.05, 0.1) is 17.6 Å². The van der Waals surface area contributed by atoms with E-state index in [0.717, 1.165) is 46.8 Å². The van der Waals surface area contributed by atoms with E-state index in [1.807, 2.05) is 29.2 Å². The van der Waals surface area contributed by atoms with E-state index in [0.29, 0.717) is 25.5 Å². The highest BCUT2D eigenvalue weighted by molar-refractivity contribution is 5.97. The van der Waals surface area contributed by atoms with Crippen molar-refractivity contribution in [3.8, 4) is 5.75 Å². The Morgan fingerprint density at radius 3 is 2.51 bits per heavy atom. The lowest BCUT2D eigenvalue weighted by molar-refractivity contribution is -0.117. The van der Waals surface area contributed by atoms with Gasteiger partial charge in [0.15, 0.2) is 0 Å². The highest BCUT2D eigenvalue weighted by Crippen LogP contribution is 2.34. The van der Waals surface area contributed by atoms with Gasteiger partial charge in [0, 0.05) is 31.1 Å². The minimum Gasteiger partial charge on any atom is -0.494 e. The molecule has 35 heavy (non-hydrogen) atoms. The Morgan fingerprint density at radius 1 is 1.00 bits per heavy atom. The zero-order valence-electron chi connectivity index (χ0n) is 20.8. The van der Waals surface area contributed by atoms with Gasteiger partial charge in [0.2, 0.25) is 5.91 Å². The number of imidazole rings is 1. The summed E-state index contributed by atoms with van der Waals surface area (Å²) in [4.78, 5) is 19.9. The molecular weight excluding hydrogens is 434 g/mol.